The summed E-state index contributed by atoms with van der Waals surface area (Å²) in [4.78, 5) is 0. The van der Waals surface area contributed by atoms with Gasteiger partial charge in [0.1, 0.15) is 12.4 Å². The summed E-state index contributed by atoms with van der Waals surface area (Å²) in [7, 11) is 1.68. The van der Waals surface area contributed by atoms with E-state index in [1.54, 1.807) is 7.11 Å². The van der Waals surface area contributed by atoms with E-state index in [1.165, 1.54) is 11.1 Å². The molecule has 0 bridgehead atoms. The van der Waals surface area contributed by atoms with Crippen LogP contribution in [0.3, 0.4) is 0 Å². The summed E-state index contributed by atoms with van der Waals surface area (Å²) < 4.78 is 10.6. The first-order valence-electron chi connectivity index (χ1n) is 4.94. The third kappa shape index (κ3) is 1.89. The minimum absolute atomic E-state index is 0.639. The monoisotopic (exact) mass is 202 g/mol. The van der Waals surface area contributed by atoms with Crippen molar-refractivity contribution in [2.24, 2.45) is 0 Å². The summed E-state index contributed by atoms with van der Waals surface area (Å²) in [5.41, 5.74) is 3.57. The van der Waals surface area contributed by atoms with Gasteiger partial charge in [-0.15, -0.1) is 6.58 Å². The number of hydrogen-bond donors (Lipinski definition) is 0. The third-order valence-electron chi connectivity index (χ3n) is 2.49. The lowest BCUT2D eigenvalue weighted by Crippen LogP contribution is -2.01. The Kier molecular flexibility index (Phi) is 2.77. The van der Waals surface area contributed by atoms with Crippen molar-refractivity contribution >= 4 is 5.57 Å². The Balaban J connectivity index is 2.42. The Bertz CT molecular complexity index is 405. The summed E-state index contributed by atoms with van der Waals surface area (Å²) in [6.45, 7) is 4.38. The van der Waals surface area contributed by atoms with Crippen LogP contribution >= 0.6 is 0 Å². The van der Waals surface area contributed by atoms with E-state index in [2.05, 4.69) is 6.58 Å². The average Bonchev–Trinajstić information content (AvgIpc) is 2.29. The Morgan fingerprint density at radius 2 is 2.40 bits per heavy atom. The van der Waals surface area contributed by atoms with Crippen molar-refractivity contribution < 1.29 is 9.47 Å². The van der Waals surface area contributed by atoms with E-state index in [0.29, 0.717) is 6.61 Å². The lowest BCUT2D eigenvalue weighted by molar-refractivity contribution is 0.232. The van der Waals surface area contributed by atoms with Crippen LogP contribution < -0.4 is 4.74 Å². The van der Waals surface area contributed by atoms with E-state index >= 15 is 0 Å². The van der Waals surface area contributed by atoms with Crippen molar-refractivity contribution in [2.75, 3.05) is 7.11 Å². The maximum Gasteiger partial charge on any atom is 0.119 e. The lowest BCUT2D eigenvalue weighted by Gasteiger charge is -2.18. The highest BCUT2D eigenvalue weighted by Gasteiger charge is 2.13. The molecule has 0 unspecified atom stereocenters. The zero-order valence-corrected chi connectivity index (χ0v) is 8.82. The second-order valence-electron chi connectivity index (χ2n) is 3.47. The van der Waals surface area contributed by atoms with Crippen LogP contribution in [0.5, 0.6) is 5.75 Å². The molecule has 0 spiro atoms. The molecule has 2 rings (SSSR count). The molecule has 1 aromatic rings. The topological polar surface area (TPSA) is 18.5 Å². The van der Waals surface area contributed by atoms with Crippen LogP contribution in [0.1, 0.15) is 17.5 Å². The molecule has 2 nitrogen and oxygen atoms in total. The van der Waals surface area contributed by atoms with Crippen molar-refractivity contribution in [1.82, 2.24) is 0 Å². The van der Waals surface area contributed by atoms with Crippen molar-refractivity contribution in [3.63, 3.8) is 0 Å². The molecule has 1 aliphatic heterocycles. The van der Waals surface area contributed by atoms with Crippen LogP contribution in [0.2, 0.25) is 0 Å². The molecule has 15 heavy (non-hydrogen) atoms. The molecule has 0 saturated carbocycles. The minimum atomic E-state index is 0.639. The number of allylic oxidation sites excluding steroid dienone is 2. The van der Waals surface area contributed by atoms with E-state index in [1.807, 2.05) is 30.5 Å². The third-order valence-corrected chi connectivity index (χ3v) is 2.49. The number of fused-ring (bicyclic) bond motifs is 1. The molecule has 0 fully saturated rings. The molecule has 0 atom stereocenters. The van der Waals surface area contributed by atoms with Gasteiger partial charge in [-0.2, -0.15) is 0 Å². The van der Waals surface area contributed by atoms with E-state index in [4.69, 9.17) is 9.47 Å². The second kappa shape index (κ2) is 4.22. The van der Waals surface area contributed by atoms with E-state index in [-0.39, 0.29) is 0 Å². The molecule has 1 aliphatic rings. The molecule has 0 radical (unpaired) electrons. The average molecular weight is 202 g/mol. The molecule has 0 aliphatic carbocycles. The Morgan fingerprint density at radius 1 is 1.53 bits per heavy atom. The van der Waals surface area contributed by atoms with Gasteiger partial charge in [0.05, 0.1) is 13.4 Å². The summed E-state index contributed by atoms with van der Waals surface area (Å²) in [6.07, 6.45) is 4.51. The Hall–Kier alpha value is -1.70. The fraction of sp³-hybridized carbons (Fsp3) is 0.231. The molecule has 0 N–H and O–H groups in total. The number of ether oxygens (including phenoxy) is 2. The van der Waals surface area contributed by atoms with Crippen LogP contribution in [0.25, 0.3) is 5.57 Å². The van der Waals surface area contributed by atoms with Crippen LogP contribution in [0.4, 0.5) is 0 Å². The predicted octanol–water partition coefficient (Wildman–Crippen LogP) is 3.14. The van der Waals surface area contributed by atoms with E-state index in [9.17, 15) is 0 Å². The van der Waals surface area contributed by atoms with Crippen LogP contribution in [0, 0.1) is 0 Å². The van der Waals surface area contributed by atoms with Gasteiger partial charge < -0.3 is 9.47 Å². The Labute approximate surface area is 89.8 Å². The van der Waals surface area contributed by atoms with Gasteiger partial charge in [-0.05, 0) is 35.3 Å². The van der Waals surface area contributed by atoms with Crippen molar-refractivity contribution in [3.8, 4) is 5.75 Å². The van der Waals surface area contributed by atoms with Crippen molar-refractivity contribution in [1.29, 1.82) is 0 Å². The van der Waals surface area contributed by atoms with Crippen LogP contribution in [0.15, 0.2) is 37.1 Å². The van der Waals surface area contributed by atoms with Gasteiger partial charge in [0.2, 0.25) is 0 Å². The number of benzene rings is 1. The molecule has 0 saturated heterocycles. The zero-order chi connectivity index (χ0) is 10.7. The quantitative estimate of drug-likeness (QED) is 0.701. The highest BCUT2D eigenvalue weighted by Crippen LogP contribution is 2.30. The second-order valence-corrected chi connectivity index (χ2v) is 3.47. The fourth-order valence-corrected chi connectivity index (χ4v) is 1.72. The molecule has 1 heterocycles. The largest absolute Gasteiger partial charge is 0.497 e. The first-order valence-corrected chi connectivity index (χ1v) is 4.94. The predicted molar refractivity (Wildman–Crippen MR) is 60.6 cm³/mol. The molecule has 0 amide bonds. The molecule has 0 aromatic heterocycles. The van der Waals surface area contributed by atoms with Gasteiger partial charge in [0.25, 0.3) is 0 Å². The lowest BCUT2D eigenvalue weighted by atomic mass is 9.97. The standard InChI is InChI=1S/C13H14O2/c1-3-4-10-8-15-9-11-5-6-12(14-2)7-13(10)11/h3,5-8H,1,4,9H2,2H3. The minimum Gasteiger partial charge on any atom is -0.497 e. The summed E-state index contributed by atoms with van der Waals surface area (Å²) in [5, 5.41) is 0. The SMILES string of the molecule is C=CCC1=COCc2ccc(OC)cc21. The van der Waals surface area contributed by atoms with Gasteiger partial charge in [0, 0.05) is 0 Å². The normalized spacial score (nSPS) is 13.5. The smallest absolute Gasteiger partial charge is 0.119 e. The van der Waals surface area contributed by atoms with Crippen molar-refractivity contribution in [2.45, 2.75) is 13.0 Å². The van der Waals surface area contributed by atoms with Crippen LogP contribution in [-0.2, 0) is 11.3 Å². The summed E-state index contributed by atoms with van der Waals surface area (Å²) >= 11 is 0. The fourth-order valence-electron chi connectivity index (χ4n) is 1.72. The van der Waals surface area contributed by atoms with E-state index < -0.39 is 0 Å². The van der Waals surface area contributed by atoms with Crippen LogP contribution in [-0.4, -0.2) is 7.11 Å². The number of hydrogen-bond acceptors (Lipinski definition) is 2. The summed E-state index contributed by atoms with van der Waals surface area (Å²) in [6, 6.07) is 6.05. The van der Waals surface area contributed by atoms with Gasteiger partial charge in [-0.1, -0.05) is 12.1 Å². The first-order chi connectivity index (χ1) is 7.35. The summed E-state index contributed by atoms with van der Waals surface area (Å²) in [5.74, 6) is 0.880. The molecule has 78 valence electrons. The highest BCUT2D eigenvalue weighted by molar-refractivity contribution is 5.70. The number of methoxy groups -OCH3 is 1. The van der Waals surface area contributed by atoms with Gasteiger partial charge >= 0.3 is 0 Å². The maximum absolute atomic E-state index is 5.38. The van der Waals surface area contributed by atoms with Gasteiger partial charge in [0.15, 0.2) is 0 Å². The molecular weight excluding hydrogens is 188 g/mol. The van der Waals surface area contributed by atoms with Crippen molar-refractivity contribution in [3.05, 3.63) is 48.2 Å². The number of rotatable bonds is 3. The Morgan fingerprint density at radius 3 is 3.13 bits per heavy atom. The molecular formula is C13H14O2. The maximum atomic E-state index is 5.38. The van der Waals surface area contributed by atoms with Gasteiger partial charge in [-0.3, -0.25) is 0 Å². The first kappa shape index (κ1) is 9.84. The molecule has 1 aromatic carbocycles. The highest BCUT2D eigenvalue weighted by atomic mass is 16.5. The zero-order valence-electron chi connectivity index (χ0n) is 8.82. The van der Waals surface area contributed by atoms with Gasteiger partial charge in [-0.25, -0.2) is 0 Å². The van der Waals surface area contributed by atoms with E-state index in [0.717, 1.165) is 17.7 Å². The molecule has 2 heteroatoms.